The van der Waals surface area contributed by atoms with Crippen LogP contribution in [-0.2, 0) is 9.53 Å². The lowest BCUT2D eigenvalue weighted by atomic mass is 9.79. The summed E-state index contributed by atoms with van der Waals surface area (Å²) in [6.07, 6.45) is 2.90. The molecule has 168 valence electrons. The van der Waals surface area contributed by atoms with Crippen LogP contribution in [0.4, 0.5) is 0 Å². The summed E-state index contributed by atoms with van der Waals surface area (Å²) < 4.78 is 10.8. The van der Waals surface area contributed by atoms with Gasteiger partial charge < -0.3 is 19.9 Å². The minimum absolute atomic E-state index is 0.0483. The fraction of sp³-hybridized carbons (Fsp3) is 0.458. The van der Waals surface area contributed by atoms with Crippen molar-refractivity contribution >= 4 is 11.9 Å². The van der Waals surface area contributed by atoms with Gasteiger partial charge in [0.15, 0.2) is 17.2 Å². The zero-order chi connectivity index (χ0) is 23.0. The number of hydrogen-bond donors (Lipinski definition) is 2. The van der Waals surface area contributed by atoms with E-state index in [9.17, 15) is 14.7 Å². The van der Waals surface area contributed by atoms with Crippen LogP contribution in [0, 0.1) is 5.92 Å². The molecule has 1 unspecified atom stereocenters. The summed E-state index contributed by atoms with van der Waals surface area (Å²) >= 11 is 0. The molecule has 2 N–H and O–H groups in total. The monoisotopic (exact) mass is 428 g/mol. The van der Waals surface area contributed by atoms with Crippen LogP contribution in [0.3, 0.4) is 0 Å². The van der Waals surface area contributed by atoms with Gasteiger partial charge in [-0.15, -0.1) is 0 Å². The quantitative estimate of drug-likeness (QED) is 0.554. The zero-order valence-corrected chi connectivity index (χ0v) is 18.8. The second-order valence-electron chi connectivity index (χ2n) is 7.56. The number of aromatic hydroxyl groups is 1. The fourth-order valence-electron chi connectivity index (χ4n) is 3.85. The highest BCUT2D eigenvalue weighted by Crippen LogP contribution is 2.34. The summed E-state index contributed by atoms with van der Waals surface area (Å²) in [4.78, 5) is 29.1. The van der Waals surface area contributed by atoms with Crippen LogP contribution in [0.5, 0.6) is 11.5 Å². The Bertz CT molecular complexity index is 868. The van der Waals surface area contributed by atoms with Gasteiger partial charge >= 0.3 is 5.97 Å². The van der Waals surface area contributed by atoms with E-state index in [0.29, 0.717) is 5.92 Å². The topological polar surface area (TPSA) is 97.8 Å². The maximum absolute atomic E-state index is 12.7. The third-order valence-electron chi connectivity index (χ3n) is 5.57. The number of pyridine rings is 1. The largest absolute Gasteiger partial charge is 0.503 e. The van der Waals surface area contributed by atoms with Gasteiger partial charge in [0.05, 0.1) is 7.11 Å². The van der Waals surface area contributed by atoms with E-state index in [1.54, 1.807) is 6.92 Å². The van der Waals surface area contributed by atoms with Crippen molar-refractivity contribution in [3.05, 3.63) is 53.9 Å². The number of methoxy groups -OCH3 is 1. The average Bonchev–Trinajstić information content (AvgIpc) is 2.77. The molecule has 1 aromatic heterocycles. The van der Waals surface area contributed by atoms with Gasteiger partial charge in [-0.2, -0.15) is 0 Å². The predicted octanol–water partition coefficient (Wildman–Crippen LogP) is 4.07. The Morgan fingerprint density at radius 1 is 1.10 bits per heavy atom. The number of nitrogens with one attached hydrogen (secondary N) is 1. The van der Waals surface area contributed by atoms with Crippen LogP contribution in [0.15, 0.2) is 42.6 Å². The van der Waals surface area contributed by atoms with E-state index >= 15 is 0 Å². The molecule has 1 aromatic carbocycles. The highest BCUT2D eigenvalue weighted by atomic mass is 16.5. The Kier molecular flexibility index (Phi) is 8.85. The molecular weight excluding hydrogens is 396 g/mol. The first-order chi connectivity index (χ1) is 14.8. The van der Waals surface area contributed by atoms with Crippen LogP contribution in [0.2, 0.25) is 0 Å². The number of rotatable bonds is 10. The molecule has 0 aliphatic rings. The second-order valence-corrected chi connectivity index (χ2v) is 7.56. The van der Waals surface area contributed by atoms with E-state index in [1.807, 2.05) is 25.1 Å². The number of carbonyl (C=O) groups excluding carboxylic acids is 2. The van der Waals surface area contributed by atoms with Crippen LogP contribution in [-0.4, -0.2) is 41.2 Å². The van der Waals surface area contributed by atoms with Crippen molar-refractivity contribution in [1.82, 2.24) is 10.3 Å². The summed E-state index contributed by atoms with van der Waals surface area (Å²) in [6, 6.07) is 10.5. The predicted molar refractivity (Wildman–Crippen MR) is 118 cm³/mol. The van der Waals surface area contributed by atoms with E-state index in [2.05, 4.69) is 36.3 Å². The summed E-state index contributed by atoms with van der Waals surface area (Å²) in [5, 5.41) is 12.6. The number of esters is 1. The molecule has 2 aromatic rings. The molecule has 0 aliphatic carbocycles. The molecule has 0 saturated heterocycles. The van der Waals surface area contributed by atoms with E-state index in [-0.39, 0.29) is 29.2 Å². The van der Waals surface area contributed by atoms with E-state index in [1.165, 1.54) is 19.4 Å². The van der Waals surface area contributed by atoms with Crippen molar-refractivity contribution in [2.45, 2.75) is 58.6 Å². The molecule has 31 heavy (non-hydrogen) atoms. The minimum Gasteiger partial charge on any atom is -0.503 e. The normalized spacial score (nSPS) is 13.9. The first-order valence-corrected chi connectivity index (χ1v) is 10.6. The number of amides is 1. The standard InChI is InChI=1S/C24H32N2O5/c1-6-17(7-2)20(18-11-9-8-10-12-18)16(4)31-24(29)15(3)26-23(28)21-22(27)19(30-5)13-14-25-21/h8-17,20,27H,6-7H2,1-5H3,(H,26,28)/t15-,16?,20-/m0/s1. The van der Waals surface area contributed by atoms with Crippen molar-refractivity contribution in [2.75, 3.05) is 7.11 Å². The molecule has 7 heteroatoms. The summed E-state index contributed by atoms with van der Waals surface area (Å²) in [7, 11) is 1.38. The van der Waals surface area contributed by atoms with Crippen LogP contribution >= 0.6 is 0 Å². The van der Waals surface area contributed by atoms with Crippen LogP contribution in [0.1, 0.15) is 62.5 Å². The van der Waals surface area contributed by atoms with Crippen molar-refractivity contribution in [2.24, 2.45) is 5.92 Å². The second kappa shape index (κ2) is 11.3. The van der Waals surface area contributed by atoms with E-state index in [0.717, 1.165) is 18.4 Å². The molecular formula is C24H32N2O5. The first kappa shape index (κ1) is 24.2. The number of hydrogen-bond acceptors (Lipinski definition) is 6. The number of ether oxygens (including phenoxy) is 2. The lowest BCUT2D eigenvalue weighted by Gasteiger charge is -2.31. The SMILES string of the molecule is CCC(CC)[C@@H](c1ccccc1)C(C)OC(=O)[C@H](C)NC(=O)c1nccc(OC)c1O. The molecule has 0 spiro atoms. The highest BCUT2D eigenvalue weighted by Gasteiger charge is 2.31. The summed E-state index contributed by atoms with van der Waals surface area (Å²) in [5.74, 6) is -1.09. The molecule has 0 aliphatic heterocycles. The molecule has 0 bridgehead atoms. The average molecular weight is 429 g/mol. The van der Waals surface area contributed by atoms with Gasteiger partial charge in [0.2, 0.25) is 0 Å². The third-order valence-corrected chi connectivity index (χ3v) is 5.57. The Labute approximate surface area is 183 Å². The number of nitrogens with zero attached hydrogens (tertiary/aromatic N) is 1. The van der Waals surface area contributed by atoms with Gasteiger partial charge in [0.1, 0.15) is 12.1 Å². The maximum Gasteiger partial charge on any atom is 0.328 e. The zero-order valence-electron chi connectivity index (χ0n) is 18.8. The highest BCUT2D eigenvalue weighted by molar-refractivity contribution is 5.97. The Balaban J connectivity index is 2.10. The molecule has 0 fully saturated rings. The molecule has 7 nitrogen and oxygen atoms in total. The smallest absolute Gasteiger partial charge is 0.328 e. The van der Waals surface area contributed by atoms with Gasteiger partial charge in [0.25, 0.3) is 5.91 Å². The Morgan fingerprint density at radius 3 is 2.32 bits per heavy atom. The van der Waals surface area contributed by atoms with Crippen LogP contribution < -0.4 is 10.1 Å². The van der Waals surface area contributed by atoms with E-state index < -0.39 is 17.9 Å². The summed E-state index contributed by atoms with van der Waals surface area (Å²) in [5.41, 5.74) is 0.907. The van der Waals surface area contributed by atoms with Crippen molar-refractivity contribution < 1.29 is 24.2 Å². The molecule has 1 amide bonds. The maximum atomic E-state index is 12.7. The fourth-order valence-corrected chi connectivity index (χ4v) is 3.85. The number of carbonyl (C=O) groups is 2. The minimum atomic E-state index is -0.916. The van der Waals surface area contributed by atoms with Crippen molar-refractivity contribution in [3.8, 4) is 11.5 Å². The Morgan fingerprint density at radius 2 is 1.74 bits per heavy atom. The molecule has 3 atom stereocenters. The van der Waals surface area contributed by atoms with Crippen molar-refractivity contribution in [3.63, 3.8) is 0 Å². The lowest BCUT2D eigenvalue weighted by molar-refractivity contribution is -0.152. The number of benzene rings is 1. The van der Waals surface area contributed by atoms with Gasteiger partial charge in [-0.05, 0) is 25.3 Å². The van der Waals surface area contributed by atoms with E-state index in [4.69, 9.17) is 9.47 Å². The third kappa shape index (κ3) is 5.96. The first-order valence-electron chi connectivity index (χ1n) is 10.6. The lowest BCUT2D eigenvalue weighted by Crippen LogP contribution is -2.42. The Hall–Kier alpha value is -3.09. The number of aromatic nitrogens is 1. The van der Waals surface area contributed by atoms with Gasteiger partial charge in [-0.3, -0.25) is 4.79 Å². The van der Waals surface area contributed by atoms with Gasteiger partial charge in [-0.25, -0.2) is 9.78 Å². The summed E-state index contributed by atoms with van der Waals surface area (Å²) in [6.45, 7) is 7.70. The molecule has 2 rings (SSSR count). The van der Waals surface area contributed by atoms with Crippen molar-refractivity contribution in [1.29, 1.82) is 0 Å². The molecule has 1 heterocycles. The van der Waals surface area contributed by atoms with Gasteiger partial charge in [-0.1, -0.05) is 57.0 Å². The molecule has 0 saturated carbocycles. The van der Waals surface area contributed by atoms with Crippen LogP contribution in [0.25, 0.3) is 0 Å². The van der Waals surface area contributed by atoms with Gasteiger partial charge in [0, 0.05) is 18.2 Å². The molecule has 0 radical (unpaired) electrons.